The van der Waals surface area contributed by atoms with Gasteiger partial charge in [0.2, 0.25) is 0 Å². The number of carbonyl (C=O) groups excluding carboxylic acids is 1. The molecule has 0 aliphatic heterocycles. The fraction of sp³-hybridized carbons (Fsp3) is 0.250. The lowest BCUT2D eigenvalue weighted by Crippen LogP contribution is -2.24. The second-order valence-electron chi connectivity index (χ2n) is 4.03. The lowest BCUT2D eigenvalue weighted by atomic mass is 10.2. The van der Waals surface area contributed by atoms with Crippen LogP contribution in [-0.4, -0.2) is 10.5 Å². The lowest BCUT2D eigenvalue weighted by molar-refractivity contribution is 0.0943. The summed E-state index contributed by atoms with van der Waals surface area (Å²) in [5.41, 5.74) is 9.18. The number of nitrogens with zero attached hydrogens (tertiary/aromatic N) is 1. The quantitative estimate of drug-likeness (QED) is 0.873. The average Bonchev–Trinajstić information content (AvgIpc) is 2.81. The second kappa shape index (κ2) is 4.63. The summed E-state index contributed by atoms with van der Waals surface area (Å²) >= 11 is 1.64. The molecule has 0 unspecified atom stereocenters. The summed E-state index contributed by atoms with van der Waals surface area (Å²) in [5, 5.41) is 7.01. The van der Waals surface area contributed by atoms with Crippen molar-refractivity contribution in [2.24, 2.45) is 7.05 Å². The van der Waals surface area contributed by atoms with Crippen molar-refractivity contribution >= 4 is 22.9 Å². The topological polar surface area (TPSA) is 60.1 Å². The third kappa shape index (κ3) is 2.50. The maximum atomic E-state index is 11.9. The number of nitrogens with one attached hydrogen (secondary N) is 1. The molecule has 0 aliphatic carbocycles. The van der Waals surface area contributed by atoms with Crippen molar-refractivity contribution in [3.05, 3.63) is 39.8 Å². The SMILES string of the molecule is Cc1cscc1CNC(=O)c1cc(N)cn1C. The molecule has 5 heteroatoms. The van der Waals surface area contributed by atoms with E-state index in [0.29, 0.717) is 17.9 Å². The van der Waals surface area contributed by atoms with Gasteiger partial charge in [-0.05, 0) is 34.9 Å². The van der Waals surface area contributed by atoms with Crippen molar-refractivity contribution in [3.63, 3.8) is 0 Å². The number of amides is 1. The maximum absolute atomic E-state index is 11.9. The highest BCUT2D eigenvalue weighted by atomic mass is 32.1. The molecule has 1 amide bonds. The molecule has 2 rings (SSSR count). The monoisotopic (exact) mass is 249 g/mol. The summed E-state index contributed by atoms with van der Waals surface area (Å²) in [4.78, 5) is 11.9. The zero-order valence-corrected chi connectivity index (χ0v) is 10.7. The molecule has 0 saturated carbocycles. The molecule has 3 N–H and O–H groups in total. The first kappa shape index (κ1) is 11.7. The number of hydrogen-bond donors (Lipinski definition) is 2. The molecule has 4 nitrogen and oxygen atoms in total. The van der Waals surface area contributed by atoms with Gasteiger partial charge in [0.15, 0.2) is 0 Å². The molecule has 17 heavy (non-hydrogen) atoms. The Morgan fingerprint density at radius 1 is 1.53 bits per heavy atom. The summed E-state index contributed by atoms with van der Waals surface area (Å²) in [6.07, 6.45) is 1.73. The van der Waals surface area contributed by atoms with Crippen LogP contribution in [0, 0.1) is 6.92 Å². The Morgan fingerprint density at radius 3 is 2.82 bits per heavy atom. The molecule has 2 aromatic rings. The Bertz CT molecular complexity index is 542. The van der Waals surface area contributed by atoms with Crippen LogP contribution in [-0.2, 0) is 13.6 Å². The molecular formula is C12H15N3OS. The van der Waals surface area contributed by atoms with Crippen LogP contribution in [0.4, 0.5) is 5.69 Å². The Balaban J connectivity index is 2.03. The van der Waals surface area contributed by atoms with Crippen LogP contribution in [0.2, 0.25) is 0 Å². The van der Waals surface area contributed by atoms with Crippen LogP contribution in [0.15, 0.2) is 23.0 Å². The number of rotatable bonds is 3. The summed E-state index contributed by atoms with van der Waals surface area (Å²) in [6, 6.07) is 1.68. The molecule has 0 aliphatic rings. The summed E-state index contributed by atoms with van der Waals surface area (Å²) in [5.74, 6) is -0.102. The van der Waals surface area contributed by atoms with E-state index in [1.165, 1.54) is 5.56 Å². The van der Waals surface area contributed by atoms with Crippen LogP contribution in [0.25, 0.3) is 0 Å². The van der Waals surface area contributed by atoms with Gasteiger partial charge in [-0.15, -0.1) is 0 Å². The van der Waals surface area contributed by atoms with Gasteiger partial charge in [0.05, 0.1) is 5.69 Å². The van der Waals surface area contributed by atoms with Gasteiger partial charge >= 0.3 is 0 Å². The van der Waals surface area contributed by atoms with Crippen LogP contribution >= 0.6 is 11.3 Å². The van der Waals surface area contributed by atoms with Crippen LogP contribution in [0.3, 0.4) is 0 Å². The van der Waals surface area contributed by atoms with Crippen molar-refractivity contribution in [2.75, 3.05) is 5.73 Å². The fourth-order valence-electron chi connectivity index (χ4n) is 1.65. The van der Waals surface area contributed by atoms with E-state index in [1.807, 2.05) is 6.92 Å². The van der Waals surface area contributed by atoms with Crippen molar-refractivity contribution in [2.45, 2.75) is 13.5 Å². The molecule has 2 heterocycles. The second-order valence-corrected chi connectivity index (χ2v) is 4.78. The molecule has 0 spiro atoms. The molecule has 0 saturated heterocycles. The van der Waals surface area contributed by atoms with Crippen molar-refractivity contribution in [3.8, 4) is 0 Å². The summed E-state index contributed by atoms with van der Waals surface area (Å²) in [7, 11) is 1.81. The minimum absolute atomic E-state index is 0.102. The number of anilines is 1. The fourth-order valence-corrected chi connectivity index (χ4v) is 2.51. The van der Waals surface area contributed by atoms with Gasteiger partial charge in [0.1, 0.15) is 5.69 Å². The van der Waals surface area contributed by atoms with Crippen molar-refractivity contribution in [1.29, 1.82) is 0 Å². The highest BCUT2D eigenvalue weighted by Gasteiger charge is 2.10. The standard InChI is InChI=1S/C12H15N3OS/c1-8-6-17-7-9(8)4-14-12(16)11-3-10(13)5-15(11)2/h3,5-7H,4,13H2,1-2H3,(H,14,16). The number of thiophene rings is 1. The molecule has 90 valence electrons. The van der Waals surface area contributed by atoms with Gasteiger partial charge < -0.3 is 15.6 Å². The molecule has 0 aromatic carbocycles. The summed E-state index contributed by atoms with van der Waals surface area (Å²) in [6.45, 7) is 2.59. The molecular weight excluding hydrogens is 234 g/mol. The number of aromatic nitrogens is 1. The van der Waals surface area contributed by atoms with Crippen molar-refractivity contribution in [1.82, 2.24) is 9.88 Å². The summed E-state index contributed by atoms with van der Waals surface area (Å²) < 4.78 is 1.73. The maximum Gasteiger partial charge on any atom is 0.268 e. The highest BCUT2D eigenvalue weighted by molar-refractivity contribution is 7.08. The van der Waals surface area contributed by atoms with E-state index >= 15 is 0 Å². The first-order valence-corrected chi connectivity index (χ1v) is 6.24. The number of nitrogen functional groups attached to an aromatic ring is 1. The van der Waals surface area contributed by atoms with Gasteiger partial charge in [-0.1, -0.05) is 0 Å². The lowest BCUT2D eigenvalue weighted by Gasteiger charge is -2.05. The normalized spacial score (nSPS) is 10.5. The van der Waals surface area contributed by atoms with Gasteiger partial charge in [-0.3, -0.25) is 4.79 Å². The first-order valence-electron chi connectivity index (χ1n) is 5.29. The zero-order valence-electron chi connectivity index (χ0n) is 9.86. The van der Waals surface area contributed by atoms with E-state index in [4.69, 9.17) is 5.73 Å². The predicted octanol–water partition coefficient (Wildman–Crippen LogP) is 1.91. The van der Waals surface area contributed by atoms with E-state index in [9.17, 15) is 4.79 Å². The van der Waals surface area contributed by atoms with Gasteiger partial charge in [0.25, 0.3) is 5.91 Å². The number of hydrogen-bond acceptors (Lipinski definition) is 3. The molecule has 0 atom stereocenters. The zero-order chi connectivity index (χ0) is 12.4. The number of nitrogens with two attached hydrogens (primary N) is 1. The van der Waals surface area contributed by atoms with Gasteiger partial charge in [-0.2, -0.15) is 11.3 Å². The van der Waals surface area contributed by atoms with Gasteiger partial charge in [0, 0.05) is 19.8 Å². The van der Waals surface area contributed by atoms with E-state index in [0.717, 1.165) is 5.56 Å². The average molecular weight is 249 g/mol. The van der Waals surface area contributed by atoms with Crippen molar-refractivity contribution < 1.29 is 4.79 Å². The minimum atomic E-state index is -0.102. The molecule has 0 radical (unpaired) electrons. The van der Waals surface area contributed by atoms with Gasteiger partial charge in [-0.25, -0.2) is 0 Å². The van der Waals surface area contributed by atoms with Crippen LogP contribution in [0.5, 0.6) is 0 Å². The molecule has 2 aromatic heterocycles. The predicted molar refractivity (Wildman–Crippen MR) is 70.1 cm³/mol. The largest absolute Gasteiger partial charge is 0.397 e. The van der Waals surface area contributed by atoms with E-state index in [-0.39, 0.29) is 5.91 Å². The van der Waals surface area contributed by atoms with Crippen LogP contribution in [0.1, 0.15) is 21.6 Å². The Labute approximate surface area is 104 Å². The van der Waals surface area contributed by atoms with E-state index in [2.05, 4.69) is 16.1 Å². The Hall–Kier alpha value is -1.75. The smallest absolute Gasteiger partial charge is 0.268 e. The Kier molecular flexibility index (Phi) is 3.19. The Morgan fingerprint density at radius 2 is 2.29 bits per heavy atom. The van der Waals surface area contributed by atoms with Crippen LogP contribution < -0.4 is 11.1 Å². The highest BCUT2D eigenvalue weighted by Crippen LogP contribution is 2.14. The third-order valence-corrected chi connectivity index (χ3v) is 3.57. The third-order valence-electron chi connectivity index (χ3n) is 2.66. The first-order chi connectivity index (χ1) is 8.08. The van der Waals surface area contributed by atoms with E-state index < -0.39 is 0 Å². The molecule has 0 fully saturated rings. The molecule has 0 bridgehead atoms. The van der Waals surface area contributed by atoms with E-state index in [1.54, 1.807) is 35.2 Å². The number of carbonyl (C=O) groups is 1. The minimum Gasteiger partial charge on any atom is -0.397 e. The number of aryl methyl sites for hydroxylation is 2.